The molecule has 0 amide bonds. The van der Waals surface area contributed by atoms with Gasteiger partial charge in [0.25, 0.3) is 0 Å². The van der Waals surface area contributed by atoms with Crippen LogP contribution in [0, 0.1) is 0 Å². The highest BCUT2D eigenvalue weighted by Crippen LogP contribution is 2.31. The summed E-state index contributed by atoms with van der Waals surface area (Å²) in [7, 11) is 0. The number of halogens is 1. The minimum atomic E-state index is 0.696. The van der Waals surface area contributed by atoms with Crippen LogP contribution in [0.3, 0.4) is 0 Å². The molecule has 0 atom stereocenters. The zero-order valence-electron chi connectivity index (χ0n) is 11.8. The molecule has 0 unspecified atom stereocenters. The predicted molar refractivity (Wildman–Crippen MR) is 85.2 cm³/mol. The van der Waals surface area contributed by atoms with Crippen LogP contribution in [0.4, 0.5) is 0 Å². The number of fused-ring (bicyclic) bond motifs is 1. The van der Waals surface area contributed by atoms with Gasteiger partial charge in [0.05, 0.1) is 24.8 Å². The van der Waals surface area contributed by atoms with Crippen LogP contribution in [0.25, 0.3) is 15.5 Å². The molecule has 1 saturated heterocycles. The Labute approximate surface area is 136 Å². The van der Waals surface area contributed by atoms with E-state index in [1.165, 1.54) is 11.3 Å². The topological polar surface area (TPSA) is 55.5 Å². The van der Waals surface area contributed by atoms with Crippen molar-refractivity contribution in [3.05, 3.63) is 35.1 Å². The first kappa shape index (κ1) is 14.1. The van der Waals surface area contributed by atoms with Gasteiger partial charge in [-0.1, -0.05) is 41.1 Å². The lowest BCUT2D eigenvalue weighted by Gasteiger charge is -2.25. The van der Waals surface area contributed by atoms with Crippen molar-refractivity contribution >= 4 is 27.9 Å². The molecule has 0 N–H and O–H groups in total. The first-order chi connectivity index (χ1) is 10.8. The van der Waals surface area contributed by atoms with Crippen molar-refractivity contribution in [1.29, 1.82) is 0 Å². The average Bonchev–Trinajstić information content (AvgIpc) is 3.11. The van der Waals surface area contributed by atoms with Gasteiger partial charge in [-0.3, -0.25) is 4.90 Å². The van der Waals surface area contributed by atoms with E-state index in [4.69, 9.17) is 16.3 Å². The van der Waals surface area contributed by atoms with E-state index in [2.05, 4.69) is 20.2 Å². The zero-order chi connectivity index (χ0) is 14.9. The zero-order valence-corrected chi connectivity index (χ0v) is 13.3. The van der Waals surface area contributed by atoms with Gasteiger partial charge in [-0.05, 0) is 6.07 Å². The summed E-state index contributed by atoms with van der Waals surface area (Å²) in [4.78, 5) is 3.09. The highest BCUT2D eigenvalue weighted by Gasteiger charge is 2.18. The summed E-state index contributed by atoms with van der Waals surface area (Å²) in [6.07, 6.45) is 0. The number of hydrogen-bond donors (Lipinski definition) is 0. The number of rotatable bonds is 3. The van der Waals surface area contributed by atoms with Crippen molar-refractivity contribution in [2.24, 2.45) is 0 Å². The Kier molecular flexibility index (Phi) is 3.79. The Morgan fingerprint density at radius 3 is 2.82 bits per heavy atom. The number of nitrogens with zero attached hydrogens (tertiary/aromatic N) is 5. The van der Waals surface area contributed by atoms with E-state index in [9.17, 15) is 0 Å². The molecule has 1 aliphatic rings. The lowest BCUT2D eigenvalue weighted by molar-refractivity contribution is 0.0328. The van der Waals surface area contributed by atoms with Gasteiger partial charge in [-0.2, -0.15) is 9.61 Å². The van der Waals surface area contributed by atoms with Crippen LogP contribution in [-0.4, -0.2) is 51.0 Å². The summed E-state index contributed by atoms with van der Waals surface area (Å²) in [5.41, 5.74) is 0.928. The summed E-state index contributed by atoms with van der Waals surface area (Å²) < 4.78 is 7.19. The molecule has 114 valence electrons. The predicted octanol–water partition coefficient (Wildman–Crippen LogP) is 2.34. The number of morpholine rings is 1. The Morgan fingerprint density at radius 2 is 2.00 bits per heavy atom. The van der Waals surface area contributed by atoms with Crippen molar-refractivity contribution < 1.29 is 4.74 Å². The van der Waals surface area contributed by atoms with Gasteiger partial charge < -0.3 is 4.74 Å². The molecule has 22 heavy (non-hydrogen) atoms. The number of aromatic nitrogens is 4. The van der Waals surface area contributed by atoms with Crippen LogP contribution < -0.4 is 0 Å². The van der Waals surface area contributed by atoms with E-state index in [1.807, 2.05) is 28.8 Å². The van der Waals surface area contributed by atoms with Crippen molar-refractivity contribution in [2.75, 3.05) is 26.3 Å². The summed E-state index contributed by atoms with van der Waals surface area (Å²) in [6.45, 7) is 4.09. The SMILES string of the molecule is Clc1ccccc1-c1nn2c(CN3CCOCC3)nnc2s1. The summed E-state index contributed by atoms with van der Waals surface area (Å²) in [5, 5.41) is 14.7. The standard InChI is InChI=1S/C14H14ClN5OS/c15-11-4-2-1-3-10(11)13-18-20-12(16-17-14(20)22-13)9-19-5-7-21-8-6-19/h1-4H,5-9H2. The molecule has 3 aromatic rings. The maximum atomic E-state index is 6.25. The summed E-state index contributed by atoms with van der Waals surface area (Å²) in [6, 6.07) is 7.71. The molecule has 2 aromatic heterocycles. The van der Waals surface area contributed by atoms with Crippen molar-refractivity contribution in [1.82, 2.24) is 24.7 Å². The highest BCUT2D eigenvalue weighted by molar-refractivity contribution is 7.19. The van der Waals surface area contributed by atoms with Gasteiger partial charge in [-0.25, -0.2) is 0 Å². The van der Waals surface area contributed by atoms with Gasteiger partial charge >= 0.3 is 0 Å². The van der Waals surface area contributed by atoms with E-state index in [0.717, 1.165) is 54.2 Å². The third kappa shape index (κ3) is 2.61. The molecule has 0 aliphatic carbocycles. The van der Waals surface area contributed by atoms with Crippen molar-refractivity contribution in [3.63, 3.8) is 0 Å². The fraction of sp³-hybridized carbons (Fsp3) is 0.357. The third-order valence-corrected chi connectivity index (χ3v) is 4.89. The third-order valence-electron chi connectivity index (χ3n) is 3.63. The molecule has 1 aliphatic heterocycles. The fourth-order valence-electron chi connectivity index (χ4n) is 2.46. The quantitative estimate of drug-likeness (QED) is 0.735. The molecule has 1 fully saturated rings. The van der Waals surface area contributed by atoms with E-state index in [-0.39, 0.29) is 0 Å². The molecule has 0 radical (unpaired) electrons. The van der Waals surface area contributed by atoms with Crippen LogP contribution >= 0.6 is 22.9 Å². The molecule has 3 heterocycles. The number of ether oxygens (including phenoxy) is 1. The van der Waals surface area contributed by atoms with E-state index >= 15 is 0 Å². The summed E-state index contributed by atoms with van der Waals surface area (Å²) in [5.74, 6) is 0.853. The summed E-state index contributed by atoms with van der Waals surface area (Å²) >= 11 is 7.75. The second kappa shape index (κ2) is 5.92. The monoisotopic (exact) mass is 335 g/mol. The van der Waals surface area contributed by atoms with Gasteiger partial charge in [-0.15, -0.1) is 10.2 Å². The van der Waals surface area contributed by atoms with E-state index < -0.39 is 0 Å². The molecule has 6 nitrogen and oxygen atoms in total. The smallest absolute Gasteiger partial charge is 0.235 e. The molecular weight excluding hydrogens is 322 g/mol. The molecule has 1 aromatic carbocycles. The highest BCUT2D eigenvalue weighted by atomic mass is 35.5. The Morgan fingerprint density at radius 1 is 1.18 bits per heavy atom. The largest absolute Gasteiger partial charge is 0.379 e. The Balaban J connectivity index is 1.66. The average molecular weight is 336 g/mol. The second-order valence-electron chi connectivity index (χ2n) is 5.09. The minimum absolute atomic E-state index is 0.696. The van der Waals surface area contributed by atoms with Gasteiger partial charge in [0.1, 0.15) is 5.01 Å². The van der Waals surface area contributed by atoms with E-state index in [0.29, 0.717) is 5.02 Å². The number of hydrogen-bond acceptors (Lipinski definition) is 6. The normalized spacial score (nSPS) is 16.4. The Bertz CT molecular complexity index is 795. The van der Waals surface area contributed by atoms with Crippen molar-refractivity contribution in [3.8, 4) is 10.6 Å². The van der Waals surface area contributed by atoms with Crippen LogP contribution in [0.2, 0.25) is 5.02 Å². The van der Waals surface area contributed by atoms with Crippen LogP contribution in [0.5, 0.6) is 0 Å². The van der Waals surface area contributed by atoms with E-state index in [1.54, 1.807) is 0 Å². The lowest BCUT2D eigenvalue weighted by Crippen LogP contribution is -2.36. The molecule has 4 rings (SSSR count). The lowest BCUT2D eigenvalue weighted by atomic mass is 10.2. The molecule has 8 heteroatoms. The Hall–Kier alpha value is -1.54. The first-order valence-electron chi connectivity index (χ1n) is 7.07. The molecule has 0 bridgehead atoms. The maximum absolute atomic E-state index is 6.25. The van der Waals surface area contributed by atoms with Gasteiger partial charge in [0, 0.05) is 18.7 Å². The van der Waals surface area contributed by atoms with Crippen LogP contribution in [0.1, 0.15) is 5.82 Å². The van der Waals surface area contributed by atoms with Gasteiger partial charge in [0.2, 0.25) is 4.96 Å². The van der Waals surface area contributed by atoms with Crippen LogP contribution in [0.15, 0.2) is 24.3 Å². The molecule has 0 saturated carbocycles. The molecular formula is C14H14ClN5OS. The number of benzene rings is 1. The van der Waals surface area contributed by atoms with Crippen LogP contribution in [-0.2, 0) is 11.3 Å². The maximum Gasteiger partial charge on any atom is 0.235 e. The fourth-order valence-corrected chi connectivity index (χ4v) is 3.64. The second-order valence-corrected chi connectivity index (χ2v) is 6.45. The molecule has 0 spiro atoms. The van der Waals surface area contributed by atoms with Crippen molar-refractivity contribution in [2.45, 2.75) is 6.54 Å². The minimum Gasteiger partial charge on any atom is -0.379 e. The van der Waals surface area contributed by atoms with Gasteiger partial charge in [0.15, 0.2) is 5.82 Å². The first-order valence-corrected chi connectivity index (χ1v) is 8.27.